The highest BCUT2D eigenvalue weighted by atomic mass is 35.5. The van der Waals surface area contributed by atoms with Gasteiger partial charge in [-0.15, -0.1) is 11.3 Å². The van der Waals surface area contributed by atoms with Gasteiger partial charge in [-0.25, -0.2) is 4.98 Å². The van der Waals surface area contributed by atoms with Gasteiger partial charge in [0, 0.05) is 47.3 Å². The van der Waals surface area contributed by atoms with E-state index in [0.29, 0.717) is 51.4 Å². The summed E-state index contributed by atoms with van der Waals surface area (Å²) >= 11 is 14.2. The first-order valence-electron chi connectivity index (χ1n) is 15.0. The minimum absolute atomic E-state index is 0.0478. The van der Waals surface area contributed by atoms with Crippen molar-refractivity contribution in [1.82, 2.24) is 19.8 Å². The van der Waals surface area contributed by atoms with Crippen molar-refractivity contribution in [2.45, 2.75) is 53.9 Å². The first-order chi connectivity index (χ1) is 20.6. The van der Waals surface area contributed by atoms with Crippen molar-refractivity contribution in [1.29, 1.82) is 0 Å². The molecule has 0 bridgehead atoms. The van der Waals surface area contributed by atoms with Gasteiger partial charge in [-0.05, 0) is 67.5 Å². The molecule has 0 aliphatic carbocycles. The van der Waals surface area contributed by atoms with Crippen LogP contribution in [-0.4, -0.2) is 46.5 Å². The molecule has 1 aliphatic heterocycles. The largest absolute Gasteiger partial charge is 0.336 e. The number of aromatic nitrogens is 2. The average Bonchev–Trinajstić information content (AvgIpc) is 3.37. The molecular formula is C34H38Cl2N4O2S. The summed E-state index contributed by atoms with van der Waals surface area (Å²) in [5.41, 5.74) is 6.09. The van der Waals surface area contributed by atoms with Crippen LogP contribution in [0.5, 0.6) is 0 Å². The van der Waals surface area contributed by atoms with Gasteiger partial charge in [0.15, 0.2) is 0 Å². The average molecular weight is 638 g/mol. The molecule has 0 atom stereocenters. The highest BCUT2D eigenvalue weighted by Gasteiger charge is 2.29. The molecule has 0 spiro atoms. The summed E-state index contributed by atoms with van der Waals surface area (Å²) in [6.07, 6.45) is 2.11. The third kappa shape index (κ3) is 6.32. The molecule has 6 nitrogen and oxygen atoms in total. The number of halogens is 2. The molecule has 0 saturated carbocycles. The Hall–Kier alpha value is -2.97. The lowest BCUT2D eigenvalue weighted by molar-refractivity contribution is 0.0733. The number of para-hydroxylation sites is 1. The maximum Gasteiger partial charge on any atom is 0.265 e. The molecule has 1 saturated heterocycles. The standard InChI is InChI=1S/C34H38Cl2N4O2S/c1-6-22-9-8-10-23(7-2)31(22)40-29(17-20(3)4)26(33(41)39-15-13-37-14-16-39)19-27(34(40)42)32-38-30(21(5)43-32)25-12-11-24(35)18-28(25)36/h8-12,18-20,37H,6-7,13-17H2,1-5H3. The highest BCUT2D eigenvalue weighted by molar-refractivity contribution is 7.15. The minimum atomic E-state index is -0.161. The second-order valence-electron chi connectivity index (χ2n) is 11.4. The van der Waals surface area contributed by atoms with E-state index >= 15 is 0 Å². The molecule has 4 aromatic rings. The quantitative estimate of drug-likeness (QED) is 0.216. The number of amides is 1. The Bertz CT molecular complexity index is 1700. The summed E-state index contributed by atoms with van der Waals surface area (Å²) in [6, 6.07) is 13.3. The molecule has 1 fully saturated rings. The fraction of sp³-hybridized carbons (Fsp3) is 0.382. The molecule has 3 heterocycles. The number of carbonyl (C=O) groups is 1. The normalized spacial score (nSPS) is 13.6. The molecule has 43 heavy (non-hydrogen) atoms. The molecule has 1 amide bonds. The molecule has 5 rings (SSSR count). The third-order valence-corrected chi connectivity index (χ3v) is 9.49. The SMILES string of the molecule is CCc1cccc(CC)c1-n1c(CC(C)C)c(C(=O)N2CCNCC2)cc(-c2nc(-c3ccc(Cl)cc3Cl)c(C)s2)c1=O. The first-order valence-corrected chi connectivity index (χ1v) is 16.5. The smallest absolute Gasteiger partial charge is 0.265 e. The Kier molecular flexibility index (Phi) is 9.76. The molecule has 0 unspecified atom stereocenters. The monoisotopic (exact) mass is 636 g/mol. The van der Waals surface area contributed by atoms with E-state index in [9.17, 15) is 9.59 Å². The molecule has 1 N–H and O–H groups in total. The van der Waals surface area contributed by atoms with Crippen LogP contribution in [0.3, 0.4) is 0 Å². The highest BCUT2D eigenvalue weighted by Crippen LogP contribution is 2.37. The first kappa shape index (κ1) is 31.5. The Labute approximate surface area is 267 Å². The van der Waals surface area contributed by atoms with Crippen molar-refractivity contribution in [2.24, 2.45) is 5.92 Å². The number of hydrogen-bond acceptors (Lipinski definition) is 5. The Morgan fingerprint density at radius 1 is 1.02 bits per heavy atom. The number of hydrogen-bond donors (Lipinski definition) is 1. The summed E-state index contributed by atoms with van der Waals surface area (Å²) in [7, 11) is 0. The van der Waals surface area contributed by atoms with Crippen molar-refractivity contribution in [3.8, 4) is 27.5 Å². The summed E-state index contributed by atoms with van der Waals surface area (Å²) in [5, 5.41) is 4.94. The van der Waals surface area contributed by atoms with Crippen molar-refractivity contribution in [2.75, 3.05) is 26.2 Å². The number of nitrogens with one attached hydrogen (secondary N) is 1. The molecule has 0 radical (unpaired) electrons. The zero-order valence-electron chi connectivity index (χ0n) is 25.4. The van der Waals surface area contributed by atoms with Gasteiger partial charge in [0.05, 0.1) is 27.5 Å². The molecule has 2 aromatic heterocycles. The van der Waals surface area contributed by atoms with Crippen LogP contribution in [0.2, 0.25) is 10.0 Å². The lowest BCUT2D eigenvalue weighted by atomic mass is 9.97. The minimum Gasteiger partial charge on any atom is -0.336 e. The van der Waals surface area contributed by atoms with E-state index in [1.807, 2.05) is 22.5 Å². The van der Waals surface area contributed by atoms with Crippen molar-refractivity contribution < 1.29 is 4.79 Å². The van der Waals surface area contributed by atoms with E-state index in [0.717, 1.165) is 58.9 Å². The zero-order chi connectivity index (χ0) is 30.8. The maximum atomic E-state index is 14.8. The second kappa shape index (κ2) is 13.3. The Morgan fingerprint density at radius 3 is 2.30 bits per heavy atom. The lowest BCUT2D eigenvalue weighted by Gasteiger charge is -2.30. The second-order valence-corrected chi connectivity index (χ2v) is 13.4. The van der Waals surface area contributed by atoms with Gasteiger partial charge in [0.1, 0.15) is 5.01 Å². The van der Waals surface area contributed by atoms with Crippen LogP contribution in [0.25, 0.3) is 27.5 Å². The molecule has 9 heteroatoms. The lowest BCUT2D eigenvalue weighted by Crippen LogP contribution is -2.47. The van der Waals surface area contributed by atoms with E-state index < -0.39 is 0 Å². The maximum absolute atomic E-state index is 14.8. The summed E-state index contributed by atoms with van der Waals surface area (Å²) < 4.78 is 1.84. The number of aryl methyl sites for hydroxylation is 3. The fourth-order valence-corrected chi connectivity index (χ4v) is 7.23. The molecule has 226 valence electrons. The van der Waals surface area contributed by atoms with E-state index in [2.05, 4.69) is 51.2 Å². The zero-order valence-corrected chi connectivity index (χ0v) is 27.7. The van der Waals surface area contributed by atoms with Crippen molar-refractivity contribution in [3.05, 3.63) is 90.1 Å². The topological polar surface area (TPSA) is 67.2 Å². The number of benzene rings is 2. The van der Waals surface area contributed by atoms with E-state index in [-0.39, 0.29) is 17.4 Å². The van der Waals surface area contributed by atoms with Crippen molar-refractivity contribution >= 4 is 40.4 Å². The van der Waals surface area contributed by atoms with Gasteiger partial charge in [-0.1, -0.05) is 69.1 Å². The van der Waals surface area contributed by atoms with Gasteiger partial charge >= 0.3 is 0 Å². The number of rotatable bonds is 8. The molecule has 1 aliphatic rings. The van der Waals surface area contributed by atoms with Crippen LogP contribution in [0, 0.1) is 12.8 Å². The summed E-state index contributed by atoms with van der Waals surface area (Å²) in [6.45, 7) is 13.2. The Balaban J connectivity index is 1.83. The molecular weight excluding hydrogens is 599 g/mol. The number of nitrogens with zero attached hydrogens (tertiary/aromatic N) is 3. The summed E-state index contributed by atoms with van der Waals surface area (Å²) in [4.78, 5) is 36.9. The van der Waals surface area contributed by atoms with Crippen LogP contribution in [-0.2, 0) is 19.3 Å². The van der Waals surface area contributed by atoms with Crippen LogP contribution < -0.4 is 10.9 Å². The van der Waals surface area contributed by atoms with Crippen LogP contribution >= 0.6 is 34.5 Å². The number of pyridine rings is 1. The van der Waals surface area contributed by atoms with Gasteiger partial charge in [-0.3, -0.25) is 14.2 Å². The predicted octanol–water partition coefficient (Wildman–Crippen LogP) is 7.61. The van der Waals surface area contributed by atoms with Crippen molar-refractivity contribution in [3.63, 3.8) is 0 Å². The van der Waals surface area contributed by atoms with E-state index in [1.54, 1.807) is 18.2 Å². The van der Waals surface area contributed by atoms with E-state index in [1.165, 1.54) is 11.3 Å². The Morgan fingerprint density at radius 2 is 1.70 bits per heavy atom. The third-order valence-electron chi connectivity index (χ3n) is 7.94. The fourth-order valence-electron chi connectivity index (χ4n) is 5.80. The van der Waals surface area contributed by atoms with Gasteiger partial charge < -0.3 is 10.2 Å². The number of piperazine rings is 1. The number of carbonyl (C=O) groups excluding carboxylic acids is 1. The summed E-state index contributed by atoms with van der Waals surface area (Å²) in [5.74, 6) is 0.180. The molecule has 2 aromatic carbocycles. The van der Waals surface area contributed by atoms with Gasteiger partial charge in [0.25, 0.3) is 11.5 Å². The van der Waals surface area contributed by atoms with Crippen LogP contribution in [0.15, 0.2) is 47.3 Å². The van der Waals surface area contributed by atoms with Gasteiger partial charge in [-0.2, -0.15) is 0 Å². The predicted molar refractivity (Wildman–Crippen MR) is 179 cm³/mol. The van der Waals surface area contributed by atoms with E-state index in [4.69, 9.17) is 28.2 Å². The van der Waals surface area contributed by atoms with Gasteiger partial charge in [0.2, 0.25) is 0 Å². The van der Waals surface area contributed by atoms with Crippen LogP contribution in [0.4, 0.5) is 0 Å². The number of thiazole rings is 1. The van der Waals surface area contributed by atoms with Crippen LogP contribution in [0.1, 0.15) is 59.8 Å².